The van der Waals surface area contributed by atoms with Crippen LogP contribution in [0.5, 0.6) is 0 Å². The van der Waals surface area contributed by atoms with Gasteiger partial charge >= 0.3 is 0 Å². The molecule has 2 heterocycles. The predicted octanol–water partition coefficient (Wildman–Crippen LogP) is 15.1. The van der Waals surface area contributed by atoms with E-state index in [2.05, 4.69) is 216 Å². The molecule has 11 rings (SSSR count). The summed E-state index contributed by atoms with van der Waals surface area (Å²) in [5.41, 5.74) is 11.8. The van der Waals surface area contributed by atoms with Crippen molar-refractivity contribution < 1.29 is 0 Å². The third kappa shape index (κ3) is 5.32. The Morgan fingerprint density at radius 1 is 0.345 bits per heavy atom. The summed E-state index contributed by atoms with van der Waals surface area (Å²) < 4.78 is 5.07. The molecule has 0 aliphatic carbocycles. The van der Waals surface area contributed by atoms with E-state index in [0.717, 1.165) is 22.7 Å². The zero-order valence-electron chi connectivity index (χ0n) is 29.9. The number of aromatic nitrogens is 1. The molecule has 258 valence electrons. The number of para-hydroxylation sites is 2. The van der Waals surface area contributed by atoms with Crippen LogP contribution in [-0.2, 0) is 0 Å². The summed E-state index contributed by atoms with van der Waals surface area (Å²) in [6.45, 7) is 0. The van der Waals surface area contributed by atoms with E-state index < -0.39 is 0 Å². The molecule has 9 aromatic carbocycles. The Hall–Kier alpha value is -6.94. The summed E-state index contributed by atoms with van der Waals surface area (Å²) in [6.07, 6.45) is 0. The molecule has 0 aliphatic rings. The summed E-state index contributed by atoms with van der Waals surface area (Å²) in [6, 6.07) is 75.0. The van der Waals surface area contributed by atoms with Gasteiger partial charge in [0, 0.05) is 53.7 Å². The van der Waals surface area contributed by atoms with Crippen LogP contribution in [-0.4, -0.2) is 4.57 Å². The van der Waals surface area contributed by atoms with Gasteiger partial charge in [-0.05, 0) is 106 Å². The van der Waals surface area contributed by atoms with Crippen molar-refractivity contribution in [3.63, 3.8) is 0 Å². The number of anilines is 3. The molecule has 55 heavy (non-hydrogen) atoms. The largest absolute Gasteiger partial charge is 0.311 e. The molecule has 3 heteroatoms. The molecule has 0 saturated heterocycles. The van der Waals surface area contributed by atoms with Crippen LogP contribution in [0.4, 0.5) is 17.1 Å². The van der Waals surface area contributed by atoms with Gasteiger partial charge in [-0.15, -0.1) is 11.3 Å². The summed E-state index contributed by atoms with van der Waals surface area (Å²) in [4.78, 5) is 2.33. The number of hydrogen-bond acceptors (Lipinski definition) is 2. The molecule has 0 spiro atoms. The minimum absolute atomic E-state index is 1.11. The first kappa shape index (κ1) is 31.6. The van der Waals surface area contributed by atoms with E-state index in [1.54, 1.807) is 0 Å². The Balaban J connectivity index is 0.937. The Bertz CT molecular complexity index is 3170. The second-order valence-corrected chi connectivity index (χ2v) is 15.2. The minimum atomic E-state index is 1.11. The van der Waals surface area contributed by atoms with Gasteiger partial charge in [-0.1, -0.05) is 133 Å². The van der Waals surface area contributed by atoms with Crippen molar-refractivity contribution in [1.82, 2.24) is 4.57 Å². The molecule has 0 radical (unpaired) electrons. The van der Waals surface area contributed by atoms with Crippen molar-refractivity contribution in [2.75, 3.05) is 4.90 Å². The molecule has 0 N–H and O–H groups in total. The number of thiophene rings is 1. The van der Waals surface area contributed by atoms with E-state index in [-0.39, 0.29) is 0 Å². The molecule has 0 unspecified atom stereocenters. The average Bonchev–Trinajstić information content (AvgIpc) is 3.78. The highest BCUT2D eigenvalue weighted by molar-refractivity contribution is 7.25. The normalized spacial score (nSPS) is 11.6. The summed E-state index contributed by atoms with van der Waals surface area (Å²) >= 11 is 1.87. The predicted molar refractivity (Wildman–Crippen MR) is 237 cm³/mol. The van der Waals surface area contributed by atoms with Crippen molar-refractivity contribution >= 4 is 81.1 Å². The number of benzene rings is 9. The first-order valence-corrected chi connectivity index (χ1v) is 19.6. The lowest BCUT2D eigenvalue weighted by Gasteiger charge is -2.26. The van der Waals surface area contributed by atoms with Gasteiger partial charge in [-0.25, -0.2) is 0 Å². The van der Waals surface area contributed by atoms with Crippen LogP contribution in [0, 0.1) is 0 Å². The van der Waals surface area contributed by atoms with Gasteiger partial charge in [0.25, 0.3) is 0 Å². The number of nitrogens with zero attached hydrogens (tertiary/aromatic N) is 2. The van der Waals surface area contributed by atoms with Gasteiger partial charge in [0.1, 0.15) is 0 Å². The van der Waals surface area contributed by atoms with Crippen LogP contribution in [0.25, 0.3) is 80.7 Å². The fourth-order valence-corrected chi connectivity index (χ4v) is 9.48. The molecule has 2 nitrogen and oxygen atoms in total. The molecule has 11 aromatic rings. The number of hydrogen-bond donors (Lipinski definition) is 0. The zero-order valence-corrected chi connectivity index (χ0v) is 30.7. The summed E-state index contributed by atoms with van der Waals surface area (Å²) in [7, 11) is 0. The molecular formula is C52H34N2S. The van der Waals surface area contributed by atoms with Crippen LogP contribution >= 0.6 is 11.3 Å². The van der Waals surface area contributed by atoms with Gasteiger partial charge in [0.15, 0.2) is 0 Å². The first-order valence-electron chi connectivity index (χ1n) is 18.8. The van der Waals surface area contributed by atoms with Crippen molar-refractivity contribution in [2.45, 2.75) is 0 Å². The van der Waals surface area contributed by atoms with Crippen LogP contribution in [0.15, 0.2) is 206 Å². The van der Waals surface area contributed by atoms with Gasteiger partial charge < -0.3 is 9.47 Å². The fraction of sp³-hybridized carbons (Fsp3) is 0. The van der Waals surface area contributed by atoms with Gasteiger partial charge in [0.05, 0.1) is 11.0 Å². The Kier molecular flexibility index (Phi) is 7.39. The molecule has 0 aliphatic heterocycles. The second-order valence-electron chi connectivity index (χ2n) is 14.2. The standard InChI is InChI=1S/C52H34N2S/c1-2-13-39(14-3-1)53(41-31-25-38(26-32-41)44-18-10-12-37-11-4-5-15-43(37)44)40-27-21-35(22-28-40)36-23-29-42(30-24-36)54-49-19-8-6-16-45(49)47-33-48-46-17-7-9-20-51(46)55-52(48)34-50(47)54/h1-34H. The molecule has 0 saturated carbocycles. The quantitative estimate of drug-likeness (QED) is 0.166. The second kappa shape index (κ2) is 12.9. The lowest BCUT2D eigenvalue weighted by atomic mass is 9.98. The lowest BCUT2D eigenvalue weighted by molar-refractivity contribution is 1.18. The maximum absolute atomic E-state index is 2.42. The molecule has 0 amide bonds. The van der Waals surface area contributed by atoms with E-state index in [1.165, 1.54) is 75.0 Å². The Labute approximate surface area is 323 Å². The lowest BCUT2D eigenvalue weighted by Crippen LogP contribution is -2.09. The highest BCUT2D eigenvalue weighted by Crippen LogP contribution is 2.41. The van der Waals surface area contributed by atoms with Crippen LogP contribution < -0.4 is 4.90 Å². The fourth-order valence-electron chi connectivity index (χ4n) is 8.36. The maximum atomic E-state index is 2.42. The highest BCUT2D eigenvalue weighted by Gasteiger charge is 2.17. The van der Waals surface area contributed by atoms with E-state index in [0.29, 0.717) is 0 Å². The number of rotatable bonds is 6. The average molecular weight is 719 g/mol. The molecule has 0 bridgehead atoms. The topological polar surface area (TPSA) is 8.17 Å². The highest BCUT2D eigenvalue weighted by atomic mass is 32.1. The smallest absolute Gasteiger partial charge is 0.0555 e. The summed E-state index contributed by atoms with van der Waals surface area (Å²) in [5, 5.41) is 7.75. The first-order chi connectivity index (χ1) is 27.3. The molecule has 0 fully saturated rings. The molecular weight excluding hydrogens is 685 g/mol. The van der Waals surface area contributed by atoms with Crippen molar-refractivity contribution in [3.8, 4) is 27.9 Å². The molecule has 2 aromatic heterocycles. The SMILES string of the molecule is c1ccc(N(c2ccc(-c3ccc(-n4c5ccccc5c5cc6c(cc54)sc4ccccc46)cc3)cc2)c2ccc(-c3cccc4ccccc34)cc2)cc1. The Morgan fingerprint density at radius 3 is 1.69 bits per heavy atom. The monoisotopic (exact) mass is 718 g/mol. The third-order valence-electron chi connectivity index (χ3n) is 11.0. The van der Waals surface area contributed by atoms with Crippen LogP contribution in [0.1, 0.15) is 0 Å². The zero-order chi connectivity index (χ0) is 36.3. The van der Waals surface area contributed by atoms with Crippen LogP contribution in [0.2, 0.25) is 0 Å². The summed E-state index contributed by atoms with van der Waals surface area (Å²) in [5.74, 6) is 0. The maximum Gasteiger partial charge on any atom is 0.0555 e. The van der Waals surface area contributed by atoms with Crippen molar-refractivity contribution in [2.24, 2.45) is 0 Å². The third-order valence-corrected chi connectivity index (χ3v) is 12.1. The van der Waals surface area contributed by atoms with Gasteiger partial charge in [-0.2, -0.15) is 0 Å². The van der Waals surface area contributed by atoms with E-state index in [9.17, 15) is 0 Å². The van der Waals surface area contributed by atoms with Gasteiger partial charge in [-0.3, -0.25) is 0 Å². The van der Waals surface area contributed by atoms with E-state index in [4.69, 9.17) is 0 Å². The van der Waals surface area contributed by atoms with Gasteiger partial charge in [0.2, 0.25) is 0 Å². The Morgan fingerprint density at radius 2 is 0.927 bits per heavy atom. The van der Waals surface area contributed by atoms with Crippen LogP contribution in [0.3, 0.4) is 0 Å². The molecule has 0 atom stereocenters. The van der Waals surface area contributed by atoms with E-state index >= 15 is 0 Å². The number of fused-ring (bicyclic) bond motifs is 7. The van der Waals surface area contributed by atoms with Crippen molar-refractivity contribution in [3.05, 3.63) is 206 Å². The van der Waals surface area contributed by atoms with Crippen molar-refractivity contribution in [1.29, 1.82) is 0 Å². The minimum Gasteiger partial charge on any atom is -0.311 e. The van der Waals surface area contributed by atoms with E-state index in [1.807, 2.05) is 11.3 Å².